The summed E-state index contributed by atoms with van der Waals surface area (Å²) in [7, 11) is 3.01. The van der Waals surface area contributed by atoms with Crippen LogP contribution < -0.4 is 0 Å². The summed E-state index contributed by atoms with van der Waals surface area (Å²) in [4.78, 5) is 28.5. The molecule has 1 aromatic heterocycles. The molecular weight excluding hydrogens is 236 g/mol. The molecule has 0 aliphatic rings. The first-order chi connectivity index (χ1) is 8.45. The van der Waals surface area contributed by atoms with E-state index < -0.39 is 0 Å². The first-order valence-electron chi connectivity index (χ1n) is 5.72. The normalized spacial score (nSPS) is 10.2. The molecule has 0 spiro atoms. The highest BCUT2D eigenvalue weighted by Crippen LogP contribution is 2.12. The quantitative estimate of drug-likeness (QED) is 0.741. The standard InChI is InChI=1S/C12H18N2O4/c1-8-11(18-9(2)13-8)12(16)14(3)7-5-6-10(15)17-4/h5-7H2,1-4H3. The molecule has 1 amide bonds. The average molecular weight is 254 g/mol. The predicted octanol–water partition coefficient (Wildman–Crippen LogP) is 1.32. The van der Waals surface area contributed by atoms with Crippen LogP contribution in [0, 0.1) is 13.8 Å². The van der Waals surface area contributed by atoms with Crippen LogP contribution in [0.4, 0.5) is 0 Å². The van der Waals surface area contributed by atoms with Gasteiger partial charge in [-0.2, -0.15) is 0 Å². The van der Waals surface area contributed by atoms with E-state index in [1.165, 1.54) is 12.0 Å². The van der Waals surface area contributed by atoms with Gasteiger partial charge in [0.1, 0.15) is 0 Å². The van der Waals surface area contributed by atoms with Gasteiger partial charge in [0.25, 0.3) is 5.91 Å². The topological polar surface area (TPSA) is 72.6 Å². The van der Waals surface area contributed by atoms with Crippen molar-refractivity contribution in [1.29, 1.82) is 0 Å². The van der Waals surface area contributed by atoms with Crippen molar-refractivity contribution in [2.75, 3.05) is 20.7 Å². The summed E-state index contributed by atoms with van der Waals surface area (Å²) in [5.74, 6) is 0.229. The van der Waals surface area contributed by atoms with Crippen LogP contribution in [0.25, 0.3) is 0 Å². The lowest BCUT2D eigenvalue weighted by molar-refractivity contribution is -0.140. The molecule has 0 saturated carbocycles. The van der Waals surface area contributed by atoms with Gasteiger partial charge in [-0.15, -0.1) is 0 Å². The van der Waals surface area contributed by atoms with Crippen LogP contribution in [-0.4, -0.2) is 42.5 Å². The molecule has 1 aromatic rings. The van der Waals surface area contributed by atoms with Gasteiger partial charge < -0.3 is 14.1 Å². The molecule has 0 aliphatic heterocycles. The van der Waals surface area contributed by atoms with Crippen LogP contribution in [0.1, 0.15) is 35.0 Å². The Hall–Kier alpha value is -1.85. The molecule has 0 bridgehead atoms. The number of hydrogen-bond donors (Lipinski definition) is 0. The van der Waals surface area contributed by atoms with Gasteiger partial charge in [0, 0.05) is 26.9 Å². The van der Waals surface area contributed by atoms with E-state index in [9.17, 15) is 9.59 Å². The zero-order valence-electron chi connectivity index (χ0n) is 11.1. The van der Waals surface area contributed by atoms with Crippen molar-refractivity contribution < 1.29 is 18.7 Å². The maximum atomic E-state index is 12.0. The summed E-state index contributed by atoms with van der Waals surface area (Å²) in [5.41, 5.74) is 0.581. The number of aromatic nitrogens is 1. The van der Waals surface area contributed by atoms with Gasteiger partial charge in [-0.1, -0.05) is 0 Å². The van der Waals surface area contributed by atoms with Crippen molar-refractivity contribution in [3.63, 3.8) is 0 Å². The average Bonchev–Trinajstić information content (AvgIpc) is 2.67. The van der Waals surface area contributed by atoms with Gasteiger partial charge in [-0.3, -0.25) is 9.59 Å². The van der Waals surface area contributed by atoms with E-state index in [4.69, 9.17) is 4.42 Å². The Morgan fingerprint density at radius 1 is 1.39 bits per heavy atom. The Bertz CT molecular complexity index is 439. The second kappa shape index (κ2) is 6.18. The van der Waals surface area contributed by atoms with Crippen molar-refractivity contribution in [1.82, 2.24) is 9.88 Å². The van der Waals surface area contributed by atoms with E-state index in [-0.39, 0.29) is 17.6 Å². The monoisotopic (exact) mass is 254 g/mol. The van der Waals surface area contributed by atoms with Crippen LogP contribution >= 0.6 is 0 Å². The number of carbonyl (C=O) groups excluding carboxylic acids is 2. The maximum Gasteiger partial charge on any atom is 0.305 e. The molecule has 0 saturated heterocycles. The Labute approximate surface area is 106 Å². The van der Waals surface area contributed by atoms with Gasteiger partial charge in [0.2, 0.25) is 5.76 Å². The van der Waals surface area contributed by atoms with Gasteiger partial charge in [0.15, 0.2) is 5.89 Å². The summed E-state index contributed by atoms with van der Waals surface area (Å²) < 4.78 is 9.78. The number of rotatable bonds is 5. The van der Waals surface area contributed by atoms with Gasteiger partial charge in [0.05, 0.1) is 12.8 Å². The molecule has 0 aliphatic carbocycles. The van der Waals surface area contributed by atoms with Gasteiger partial charge in [-0.05, 0) is 13.3 Å². The van der Waals surface area contributed by atoms with Crippen LogP contribution in [0.2, 0.25) is 0 Å². The number of ether oxygens (including phenoxy) is 1. The highest BCUT2D eigenvalue weighted by atomic mass is 16.5. The Kier molecular flexibility index (Phi) is 4.88. The zero-order valence-corrected chi connectivity index (χ0v) is 11.1. The summed E-state index contributed by atoms with van der Waals surface area (Å²) in [6, 6.07) is 0. The summed E-state index contributed by atoms with van der Waals surface area (Å²) in [6.07, 6.45) is 0.851. The first-order valence-corrected chi connectivity index (χ1v) is 5.72. The molecule has 1 rings (SSSR count). The number of methoxy groups -OCH3 is 1. The first kappa shape index (κ1) is 14.2. The largest absolute Gasteiger partial charge is 0.469 e. The number of oxazole rings is 1. The Morgan fingerprint density at radius 2 is 2.06 bits per heavy atom. The number of amides is 1. The van der Waals surface area contributed by atoms with Gasteiger partial charge >= 0.3 is 5.97 Å². The van der Waals surface area contributed by atoms with E-state index in [1.807, 2.05) is 0 Å². The third-order valence-corrected chi connectivity index (χ3v) is 2.55. The van der Waals surface area contributed by atoms with Crippen LogP contribution in [0.5, 0.6) is 0 Å². The minimum Gasteiger partial charge on any atom is -0.469 e. The second-order valence-electron chi connectivity index (χ2n) is 4.05. The van der Waals surface area contributed by atoms with Crippen LogP contribution in [-0.2, 0) is 9.53 Å². The minimum atomic E-state index is -0.275. The van der Waals surface area contributed by atoms with E-state index in [1.54, 1.807) is 20.9 Å². The molecule has 6 nitrogen and oxygen atoms in total. The lowest BCUT2D eigenvalue weighted by Crippen LogP contribution is -2.28. The number of carbonyl (C=O) groups is 2. The highest BCUT2D eigenvalue weighted by molar-refractivity contribution is 5.92. The number of esters is 1. The molecule has 100 valence electrons. The Balaban J connectivity index is 2.51. The molecular formula is C12H18N2O4. The fraction of sp³-hybridized carbons (Fsp3) is 0.583. The summed E-state index contributed by atoms with van der Waals surface area (Å²) >= 11 is 0. The molecule has 0 aromatic carbocycles. The van der Waals surface area contributed by atoms with E-state index in [0.29, 0.717) is 31.0 Å². The van der Waals surface area contributed by atoms with Crippen molar-refractivity contribution in [3.8, 4) is 0 Å². The SMILES string of the molecule is COC(=O)CCCN(C)C(=O)c1oc(C)nc1C. The van der Waals surface area contributed by atoms with Crippen molar-refractivity contribution in [2.24, 2.45) is 0 Å². The zero-order chi connectivity index (χ0) is 13.7. The molecule has 0 N–H and O–H groups in total. The van der Waals surface area contributed by atoms with Gasteiger partial charge in [-0.25, -0.2) is 4.98 Å². The highest BCUT2D eigenvalue weighted by Gasteiger charge is 2.19. The third-order valence-electron chi connectivity index (χ3n) is 2.55. The molecule has 0 radical (unpaired) electrons. The molecule has 18 heavy (non-hydrogen) atoms. The van der Waals surface area contributed by atoms with E-state index in [0.717, 1.165) is 0 Å². The minimum absolute atomic E-state index is 0.224. The molecule has 1 heterocycles. The molecule has 0 fully saturated rings. The van der Waals surface area contributed by atoms with E-state index >= 15 is 0 Å². The smallest absolute Gasteiger partial charge is 0.305 e. The second-order valence-corrected chi connectivity index (χ2v) is 4.05. The number of nitrogens with zero attached hydrogens (tertiary/aromatic N) is 2. The summed E-state index contributed by atoms with van der Waals surface area (Å²) in [6.45, 7) is 3.89. The number of hydrogen-bond acceptors (Lipinski definition) is 5. The van der Waals surface area contributed by atoms with Crippen LogP contribution in [0.15, 0.2) is 4.42 Å². The fourth-order valence-corrected chi connectivity index (χ4v) is 1.57. The van der Waals surface area contributed by atoms with Crippen molar-refractivity contribution in [3.05, 3.63) is 17.3 Å². The molecule has 6 heteroatoms. The lowest BCUT2D eigenvalue weighted by atomic mass is 10.2. The van der Waals surface area contributed by atoms with E-state index in [2.05, 4.69) is 9.72 Å². The maximum absolute atomic E-state index is 12.0. The van der Waals surface area contributed by atoms with Crippen molar-refractivity contribution >= 4 is 11.9 Å². The number of aryl methyl sites for hydroxylation is 2. The third kappa shape index (κ3) is 3.58. The molecule has 0 unspecified atom stereocenters. The summed E-state index contributed by atoms with van der Waals surface area (Å²) in [5, 5.41) is 0. The van der Waals surface area contributed by atoms with Crippen molar-refractivity contribution in [2.45, 2.75) is 26.7 Å². The lowest BCUT2D eigenvalue weighted by Gasteiger charge is -2.15. The van der Waals surface area contributed by atoms with Crippen LogP contribution in [0.3, 0.4) is 0 Å². The molecule has 0 atom stereocenters. The predicted molar refractivity (Wildman–Crippen MR) is 64.2 cm³/mol. The fourth-order valence-electron chi connectivity index (χ4n) is 1.57. The Morgan fingerprint density at radius 3 is 2.56 bits per heavy atom.